The fourth-order valence-electron chi connectivity index (χ4n) is 2.21. The van der Waals surface area contributed by atoms with Gasteiger partial charge in [0.05, 0.1) is 21.3 Å². The molecule has 13 heteroatoms. The number of nitrogens with zero attached hydrogens (tertiary/aromatic N) is 1. The van der Waals surface area contributed by atoms with E-state index < -0.39 is 46.7 Å². The first kappa shape index (κ1) is 18.4. The molecule has 1 aliphatic heterocycles. The minimum absolute atomic E-state index is 0.112. The Kier molecular flexibility index (Phi) is 4.52. The summed E-state index contributed by atoms with van der Waals surface area (Å²) in [4.78, 5) is 8.72. The maximum absolute atomic E-state index is 12.5. The lowest BCUT2D eigenvalue weighted by Crippen LogP contribution is -2.24. The summed E-state index contributed by atoms with van der Waals surface area (Å²) in [6.07, 6.45) is 0.183. The molecule has 8 nitrogen and oxygen atoms in total. The highest BCUT2D eigenvalue weighted by Crippen LogP contribution is 2.35. The molecule has 1 heterocycles. The fourth-order valence-corrected chi connectivity index (χ4v) is 4.67. The number of hydrogen-bond donors (Lipinski definition) is 1. The third-order valence-corrected chi connectivity index (χ3v) is 6.62. The number of nitro benzene ring substituents is 1. The van der Waals surface area contributed by atoms with Gasteiger partial charge in [-0.2, -0.15) is 13.2 Å². The first-order valence-corrected chi connectivity index (χ1v) is 9.71. The summed E-state index contributed by atoms with van der Waals surface area (Å²) in [6.45, 7) is 0. The van der Waals surface area contributed by atoms with Gasteiger partial charge < -0.3 is 5.32 Å². The number of anilines is 1. The molecular formula is C11H11F3N2O6S2. The summed E-state index contributed by atoms with van der Waals surface area (Å²) in [5, 5.41) is 13.6. The zero-order valence-corrected chi connectivity index (χ0v) is 13.4. The Balaban J connectivity index is 2.40. The van der Waals surface area contributed by atoms with Gasteiger partial charge in [-0.1, -0.05) is 0 Å². The third kappa shape index (κ3) is 3.61. The number of nitrogens with one attached hydrogen (secondary N) is 1. The van der Waals surface area contributed by atoms with Gasteiger partial charge in [0.2, 0.25) is 0 Å². The molecule has 0 aromatic heterocycles. The first-order chi connectivity index (χ1) is 10.8. The van der Waals surface area contributed by atoms with Gasteiger partial charge in [-0.3, -0.25) is 10.1 Å². The molecule has 0 amide bonds. The summed E-state index contributed by atoms with van der Waals surface area (Å²) in [6, 6.07) is 1.07. The number of rotatable bonds is 4. The molecule has 1 fully saturated rings. The van der Waals surface area contributed by atoms with Crippen molar-refractivity contribution >= 4 is 31.0 Å². The van der Waals surface area contributed by atoms with E-state index in [4.69, 9.17) is 0 Å². The van der Waals surface area contributed by atoms with Crippen molar-refractivity contribution in [2.24, 2.45) is 0 Å². The quantitative estimate of drug-likeness (QED) is 0.612. The number of sulfone groups is 2. The number of benzene rings is 1. The number of alkyl halides is 3. The van der Waals surface area contributed by atoms with Crippen LogP contribution in [-0.4, -0.2) is 44.8 Å². The molecule has 1 aromatic rings. The van der Waals surface area contributed by atoms with Crippen LogP contribution in [0, 0.1) is 10.1 Å². The lowest BCUT2D eigenvalue weighted by molar-refractivity contribution is -0.384. The molecule has 2 rings (SSSR count). The van der Waals surface area contributed by atoms with Gasteiger partial charge in [0.15, 0.2) is 9.84 Å². The number of halogens is 3. The molecule has 134 valence electrons. The summed E-state index contributed by atoms with van der Waals surface area (Å²) in [5.74, 6) is -0.383. The highest BCUT2D eigenvalue weighted by atomic mass is 32.2. The predicted molar refractivity (Wildman–Crippen MR) is 77.0 cm³/mol. The Labute approximate surface area is 134 Å². The van der Waals surface area contributed by atoms with Gasteiger partial charge in [0, 0.05) is 12.1 Å². The van der Waals surface area contributed by atoms with Gasteiger partial charge in [0.25, 0.3) is 15.5 Å². The van der Waals surface area contributed by atoms with E-state index >= 15 is 0 Å². The molecule has 0 aliphatic carbocycles. The Bertz CT molecular complexity index is 880. The van der Waals surface area contributed by atoms with Crippen molar-refractivity contribution in [1.82, 2.24) is 0 Å². The maximum Gasteiger partial charge on any atom is 0.501 e. The third-order valence-electron chi connectivity index (χ3n) is 3.37. The highest BCUT2D eigenvalue weighted by Gasteiger charge is 2.47. The Morgan fingerprint density at radius 1 is 1.29 bits per heavy atom. The van der Waals surface area contributed by atoms with Crippen molar-refractivity contribution in [3.8, 4) is 0 Å². The van der Waals surface area contributed by atoms with E-state index in [0.29, 0.717) is 12.1 Å². The lowest BCUT2D eigenvalue weighted by atomic mass is 10.2. The maximum atomic E-state index is 12.5. The SMILES string of the molecule is O=[N+]([O-])c1cc(S(=O)(=O)C(F)(F)F)ccc1N[C@H]1CCS(=O)(=O)C1. The van der Waals surface area contributed by atoms with E-state index in [9.17, 15) is 40.1 Å². The van der Waals surface area contributed by atoms with Gasteiger partial charge in [0.1, 0.15) is 5.69 Å². The van der Waals surface area contributed by atoms with Crippen LogP contribution in [0.25, 0.3) is 0 Å². The van der Waals surface area contributed by atoms with E-state index in [1.165, 1.54) is 0 Å². The summed E-state index contributed by atoms with van der Waals surface area (Å²) in [5.41, 5.74) is -6.72. The summed E-state index contributed by atoms with van der Waals surface area (Å²) < 4.78 is 83.0. The van der Waals surface area contributed by atoms with Crippen LogP contribution in [0.1, 0.15) is 6.42 Å². The standard InChI is InChI=1S/C11H11F3N2O6S2/c12-11(13,14)24(21,22)8-1-2-9(10(5-8)16(17)18)15-7-3-4-23(19,20)6-7/h1-2,5,7,15H,3-4,6H2/t7-/m0/s1. The molecule has 1 atom stereocenters. The molecule has 1 N–H and O–H groups in total. The van der Waals surface area contributed by atoms with Gasteiger partial charge in [-0.15, -0.1) is 0 Å². The molecule has 1 saturated heterocycles. The van der Waals surface area contributed by atoms with Crippen molar-refractivity contribution in [3.63, 3.8) is 0 Å². The van der Waals surface area contributed by atoms with Crippen LogP contribution in [0.3, 0.4) is 0 Å². The summed E-state index contributed by atoms with van der Waals surface area (Å²) in [7, 11) is -9.00. The van der Waals surface area contributed by atoms with Crippen molar-refractivity contribution in [2.45, 2.75) is 22.9 Å². The number of hydrogen-bond acceptors (Lipinski definition) is 7. The van der Waals surface area contributed by atoms with Gasteiger partial charge in [-0.25, -0.2) is 16.8 Å². The molecule has 0 bridgehead atoms. The second-order valence-corrected chi connectivity index (χ2v) is 9.30. The van der Waals surface area contributed by atoms with E-state index in [0.717, 1.165) is 6.07 Å². The molecule has 0 radical (unpaired) electrons. The van der Waals surface area contributed by atoms with Crippen molar-refractivity contribution < 1.29 is 34.9 Å². The minimum Gasteiger partial charge on any atom is -0.376 e. The van der Waals surface area contributed by atoms with Crippen molar-refractivity contribution in [1.29, 1.82) is 0 Å². The van der Waals surface area contributed by atoms with E-state index in [1.807, 2.05) is 0 Å². The van der Waals surface area contributed by atoms with Gasteiger partial charge in [-0.05, 0) is 18.6 Å². The van der Waals surface area contributed by atoms with Crippen LogP contribution in [0.4, 0.5) is 24.5 Å². The summed E-state index contributed by atoms with van der Waals surface area (Å²) >= 11 is 0. The average molecular weight is 388 g/mol. The van der Waals surface area contributed by atoms with E-state index in [-0.39, 0.29) is 23.6 Å². The van der Waals surface area contributed by atoms with Crippen LogP contribution in [-0.2, 0) is 19.7 Å². The molecule has 0 unspecified atom stereocenters. The normalized spacial score (nSPS) is 20.7. The monoisotopic (exact) mass is 388 g/mol. The second kappa shape index (κ2) is 5.88. The van der Waals surface area contributed by atoms with E-state index in [1.54, 1.807) is 0 Å². The first-order valence-electron chi connectivity index (χ1n) is 6.40. The largest absolute Gasteiger partial charge is 0.501 e. The molecular weight excluding hydrogens is 377 g/mol. The Morgan fingerprint density at radius 3 is 2.38 bits per heavy atom. The fraction of sp³-hybridized carbons (Fsp3) is 0.455. The number of nitro groups is 1. The van der Waals surface area contributed by atoms with Crippen molar-refractivity contribution in [2.75, 3.05) is 16.8 Å². The van der Waals surface area contributed by atoms with Crippen molar-refractivity contribution in [3.05, 3.63) is 28.3 Å². The minimum atomic E-state index is -5.72. The molecule has 1 aromatic carbocycles. The van der Waals surface area contributed by atoms with E-state index in [2.05, 4.69) is 5.32 Å². The van der Waals surface area contributed by atoms with Crippen LogP contribution < -0.4 is 5.32 Å². The molecule has 0 spiro atoms. The van der Waals surface area contributed by atoms with Crippen LogP contribution in [0.15, 0.2) is 23.1 Å². The predicted octanol–water partition coefficient (Wildman–Crippen LogP) is 1.49. The average Bonchev–Trinajstić information content (AvgIpc) is 2.76. The smallest absolute Gasteiger partial charge is 0.376 e. The van der Waals surface area contributed by atoms with Gasteiger partial charge >= 0.3 is 5.51 Å². The molecule has 0 saturated carbocycles. The molecule has 24 heavy (non-hydrogen) atoms. The van der Waals surface area contributed by atoms with Crippen LogP contribution >= 0.6 is 0 Å². The molecule has 1 aliphatic rings. The second-order valence-electron chi connectivity index (χ2n) is 5.13. The Hall–Kier alpha value is -1.89. The Morgan fingerprint density at radius 2 is 1.92 bits per heavy atom. The highest BCUT2D eigenvalue weighted by molar-refractivity contribution is 7.92. The topological polar surface area (TPSA) is 123 Å². The zero-order valence-electron chi connectivity index (χ0n) is 11.8. The lowest BCUT2D eigenvalue weighted by Gasteiger charge is -2.14. The van der Waals surface area contributed by atoms with Crippen LogP contribution in [0.2, 0.25) is 0 Å². The van der Waals surface area contributed by atoms with Crippen LogP contribution in [0.5, 0.6) is 0 Å². The zero-order chi connectivity index (χ0) is 18.3.